The van der Waals surface area contributed by atoms with E-state index in [2.05, 4.69) is 11.4 Å². The third-order valence-electron chi connectivity index (χ3n) is 6.48. The van der Waals surface area contributed by atoms with Crippen LogP contribution in [0.15, 0.2) is 54.1 Å². The van der Waals surface area contributed by atoms with E-state index in [9.17, 15) is 23.2 Å². The van der Waals surface area contributed by atoms with E-state index in [1.807, 2.05) is 42.5 Å². The molecule has 1 atom stereocenters. The number of fused-ring (bicyclic) bond motifs is 3. The van der Waals surface area contributed by atoms with Crippen LogP contribution in [0.3, 0.4) is 0 Å². The van der Waals surface area contributed by atoms with Crippen LogP contribution in [0.1, 0.15) is 41.7 Å². The Balaban J connectivity index is 1.42. The van der Waals surface area contributed by atoms with Gasteiger partial charge in [0.05, 0.1) is 12.1 Å². The summed E-state index contributed by atoms with van der Waals surface area (Å²) in [5.74, 6) is 0.152. The maximum absolute atomic E-state index is 13.0. The fraction of sp³-hybridized carbons (Fsp3) is 0.308. The fourth-order valence-electron chi connectivity index (χ4n) is 4.90. The van der Waals surface area contributed by atoms with Crippen LogP contribution in [-0.4, -0.2) is 18.7 Å². The highest BCUT2D eigenvalue weighted by Crippen LogP contribution is 2.48. The van der Waals surface area contributed by atoms with Crippen LogP contribution in [0.2, 0.25) is 0 Å². The summed E-state index contributed by atoms with van der Waals surface area (Å²) >= 11 is 1.57. The third kappa shape index (κ3) is 4.16. The molecule has 2 heterocycles. The molecule has 1 amide bonds. The van der Waals surface area contributed by atoms with Crippen molar-refractivity contribution >= 4 is 32.9 Å². The molecule has 0 bridgehead atoms. The smallest absolute Gasteiger partial charge is 0.389 e. The number of nitrogens with one attached hydrogen (secondary N) is 1. The van der Waals surface area contributed by atoms with Crippen molar-refractivity contribution in [1.82, 2.24) is 5.32 Å². The molecular weight excluding hydrogens is 461 g/mol. The Hall–Kier alpha value is -3.31. The van der Waals surface area contributed by atoms with E-state index in [0.717, 1.165) is 31.7 Å². The van der Waals surface area contributed by atoms with Gasteiger partial charge in [0.25, 0.3) is 5.91 Å². The second-order valence-corrected chi connectivity index (χ2v) is 9.80. The van der Waals surface area contributed by atoms with Crippen LogP contribution < -0.4 is 10.1 Å². The third-order valence-corrected chi connectivity index (χ3v) is 7.66. The van der Waals surface area contributed by atoms with E-state index in [-0.39, 0.29) is 24.5 Å². The van der Waals surface area contributed by atoms with E-state index in [4.69, 9.17) is 4.74 Å². The highest BCUT2D eigenvalue weighted by molar-refractivity contribution is 7.20. The van der Waals surface area contributed by atoms with E-state index in [0.29, 0.717) is 25.0 Å². The quantitative estimate of drug-likeness (QED) is 0.437. The first kappa shape index (κ1) is 22.5. The summed E-state index contributed by atoms with van der Waals surface area (Å²) in [5.41, 5.74) is 2.26. The summed E-state index contributed by atoms with van der Waals surface area (Å²) in [6.45, 7) is -0.00940. The van der Waals surface area contributed by atoms with Crippen molar-refractivity contribution in [3.8, 4) is 11.8 Å². The second kappa shape index (κ2) is 8.48. The van der Waals surface area contributed by atoms with Gasteiger partial charge in [0, 0.05) is 22.4 Å². The predicted molar refractivity (Wildman–Crippen MR) is 124 cm³/mol. The van der Waals surface area contributed by atoms with Gasteiger partial charge in [-0.2, -0.15) is 18.4 Å². The first-order valence-electron chi connectivity index (χ1n) is 11.1. The maximum Gasteiger partial charge on any atom is 0.389 e. The maximum atomic E-state index is 13.0. The van der Waals surface area contributed by atoms with Crippen molar-refractivity contribution < 1.29 is 22.7 Å². The molecule has 0 radical (unpaired) electrons. The molecule has 1 aliphatic heterocycles. The summed E-state index contributed by atoms with van der Waals surface area (Å²) in [5, 5.41) is 13.9. The molecule has 0 fully saturated rings. The summed E-state index contributed by atoms with van der Waals surface area (Å²) in [6.07, 6.45) is -3.26. The number of ether oxygens (including phenoxy) is 1. The lowest BCUT2D eigenvalue weighted by Gasteiger charge is -2.36. The number of carbonyl (C=O) groups excluding carboxylic acids is 1. The lowest BCUT2D eigenvalue weighted by atomic mass is 9.79. The number of carbonyl (C=O) groups is 1. The Morgan fingerprint density at radius 1 is 1.18 bits per heavy atom. The number of hydrogen-bond donors (Lipinski definition) is 1. The number of benzene rings is 2. The standard InChI is InChI=1S/C26H21F3N2O2S/c27-26(28,29)9-3-11-33-18-6-7-21-16(12-18)8-10-25(21)14-19(20(15-30)24(32)31-25)23-13-17-4-1-2-5-22(17)34-23/h1-2,4-7,12-13H,3,8-11,14H2,(H,31,32). The number of rotatable bonds is 5. The first-order valence-corrected chi connectivity index (χ1v) is 11.9. The van der Waals surface area contributed by atoms with Crippen LogP contribution >= 0.6 is 11.3 Å². The minimum Gasteiger partial charge on any atom is -0.494 e. The summed E-state index contributed by atoms with van der Waals surface area (Å²) in [6, 6.07) is 17.6. The summed E-state index contributed by atoms with van der Waals surface area (Å²) in [7, 11) is 0. The number of aryl methyl sites for hydroxylation is 1. The van der Waals surface area contributed by atoms with Gasteiger partial charge in [0.15, 0.2) is 0 Å². The van der Waals surface area contributed by atoms with Crippen LogP contribution in [0.4, 0.5) is 13.2 Å². The normalized spacial score (nSPS) is 19.9. The zero-order chi connectivity index (χ0) is 23.9. The van der Waals surface area contributed by atoms with E-state index in [1.54, 1.807) is 17.4 Å². The van der Waals surface area contributed by atoms with Crippen molar-refractivity contribution in [3.05, 3.63) is 70.1 Å². The molecule has 3 aromatic rings. The van der Waals surface area contributed by atoms with Gasteiger partial charge >= 0.3 is 6.18 Å². The Labute approximate surface area is 198 Å². The van der Waals surface area contributed by atoms with Gasteiger partial charge in [-0.05, 0) is 65.6 Å². The molecule has 2 aliphatic rings. The largest absolute Gasteiger partial charge is 0.494 e. The van der Waals surface area contributed by atoms with Crippen LogP contribution in [0.25, 0.3) is 15.7 Å². The number of nitrogens with zero attached hydrogens (tertiary/aromatic N) is 1. The molecule has 1 aromatic heterocycles. The van der Waals surface area contributed by atoms with Crippen molar-refractivity contribution in [2.75, 3.05) is 6.61 Å². The highest BCUT2D eigenvalue weighted by Gasteiger charge is 2.45. The summed E-state index contributed by atoms with van der Waals surface area (Å²) < 4.78 is 43.7. The zero-order valence-electron chi connectivity index (χ0n) is 18.2. The molecule has 34 heavy (non-hydrogen) atoms. The van der Waals surface area contributed by atoms with Gasteiger partial charge in [0.2, 0.25) is 0 Å². The van der Waals surface area contributed by atoms with Crippen molar-refractivity contribution in [1.29, 1.82) is 5.26 Å². The number of halogens is 3. The SMILES string of the molecule is N#CC1=C(c2cc3ccccc3s2)CC2(CCc3cc(OCCCC(F)(F)F)ccc32)NC1=O. The van der Waals surface area contributed by atoms with Crippen LogP contribution in [-0.2, 0) is 16.8 Å². The lowest BCUT2D eigenvalue weighted by molar-refractivity contribution is -0.136. The minimum absolute atomic E-state index is 0.00940. The van der Waals surface area contributed by atoms with E-state index < -0.39 is 18.1 Å². The molecule has 4 nitrogen and oxygen atoms in total. The molecule has 2 aromatic carbocycles. The molecule has 1 N–H and O–H groups in total. The molecule has 1 aliphatic carbocycles. The molecule has 0 saturated heterocycles. The van der Waals surface area contributed by atoms with Gasteiger partial charge in [-0.1, -0.05) is 24.3 Å². The molecule has 1 unspecified atom stereocenters. The van der Waals surface area contributed by atoms with E-state index in [1.165, 1.54) is 0 Å². The average Bonchev–Trinajstić information content (AvgIpc) is 3.37. The number of amides is 1. The van der Waals surface area contributed by atoms with Gasteiger partial charge in [-0.15, -0.1) is 11.3 Å². The Morgan fingerprint density at radius 2 is 2.00 bits per heavy atom. The van der Waals surface area contributed by atoms with Crippen molar-refractivity contribution in [3.63, 3.8) is 0 Å². The Morgan fingerprint density at radius 3 is 2.76 bits per heavy atom. The molecule has 8 heteroatoms. The number of alkyl halides is 3. The van der Waals surface area contributed by atoms with E-state index >= 15 is 0 Å². The summed E-state index contributed by atoms with van der Waals surface area (Å²) in [4.78, 5) is 13.9. The first-order chi connectivity index (χ1) is 16.3. The number of thiophene rings is 1. The zero-order valence-corrected chi connectivity index (χ0v) is 19.0. The topological polar surface area (TPSA) is 62.1 Å². The molecule has 5 rings (SSSR count). The number of hydrogen-bond acceptors (Lipinski definition) is 4. The molecule has 174 valence electrons. The lowest BCUT2D eigenvalue weighted by Crippen LogP contribution is -2.48. The van der Waals surface area contributed by atoms with Gasteiger partial charge in [-0.25, -0.2) is 0 Å². The Kier molecular flexibility index (Phi) is 5.61. The van der Waals surface area contributed by atoms with Crippen molar-refractivity contribution in [2.45, 2.75) is 43.8 Å². The fourth-order valence-corrected chi connectivity index (χ4v) is 6.01. The second-order valence-electron chi connectivity index (χ2n) is 8.71. The van der Waals surface area contributed by atoms with Crippen molar-refractivity contribution in [2.24, 2.45) is 0 Å². The van der Waals surface area contributed by atoms with Crippen LogP contribution in [0, 0.1) is 11.3 Å². The number of nitriles is 1. The van der Waals surface area contributed by atoms with Gasteiger partial charge < -0.3 is 10.1 Å². The molecular formula is C26H21F3N2O2S. The van der Waals surface area contributed by atoms with Gasteiger partial charge in [-0.3, -0.25) is 4.79 Å². The minimum atomic E-state index is -4.19. The Bertz CT molecular complexity index is 1320. The highest BCUT2D eigenvalue weighted by atomic mass is 32.1. The van der Waals surface area contributed by atoms with Gasteiger partial charge in [0.1, 0.15) is 17.4 Å². The van der Waals surface area contributed by atoms with Crippen LogP contribution in [0.5, 0.6) is 5.75 Å². The average molecular weight is 483 g/mol. The predicted octanol–water partition coefficient (Wildman–Crippen LogP) is 6.26. The molecule has 1 spiro atoms. The molecule has 0 saturated carbocycles. The monoisotopic (exact) mass is 482 g/mol.